The van der Waals surface area contributed by atoms with E-state index in [1.54, 1.807) is 6.20 Å². The fourth-order valence-electron chi connectivity index (χ4n) is 1.72. The highest BCUT2D eigenvalue weighted by Gasteiger charge is 2.16. The summed E-state index contributed by atoms with van der Waals surface area (Å²) in [6.07, 6.45) is 1.73. The Morgan fingerprint density at radius 2 is 1.95 bits per heavy atom. The van der Waals surface area contributed by atoms with Gasteiger partial charge in [-0.25, -0.2) is 4.98 Å². The number of carbonyl (C=O) groups excluding carboxylic acids is 1. The van der Waals surface area contributed by atoms with E-state index in [2.05, 4.69) is 32.7 Å². The SMILES string of the molecule is CC(C)CN(CC(C)C)C(=O)CSc1cnc(N)s1. The molecule has 0 bridgehead atoms. The van der Waals surface area contributed by atoms with E-state index in [0.29, 0.717) is 22.7 Å². The molecular weight excluding hydrogens is 278 g/mol. The van der Waals surface area contributed by atoms with E-state index < -0.39 is 0 Å². The average molecular weight is 301 g/mol. The topological polar surface area (TPSA) is 59.2 Å². The Morgan fingerprint density at radius 3 is 2.37 bits per heavy atom. The third kappa shape index (κ3) is 6.29. The van der Waals surface area contributed by atoms with Gasteiger partial charge in [0.15, 0.2) is 5.13 Å². The van der Waals surface area contributed by atoms with Gasteiger partial charge in [0, 0.05) is 13.1 Å². The lowest BCUT2D eigenvalue weighted by Crippen LogP contribution is -2.38. The first-order valence-corrected chi connectivity index (χ1v) is 8.30. The van der Waals surface area contributed by atoms with Gasteiger partial charge in [-0.1, -0.05) is 39.0 Å². The molecule has 0 radical (unpaired) electrons. The van der Waals surface area contributed by atoms with Crippen LogP contribution in [0.4, 0.5) is 5.13 Å². The van der Waals surface area contributed by atoms with Crippen LogP contribution in [0.5, 0.6) is 0 Å². The Bertz CT molecular complexity index is 394. The molecule has 2 N–H and O–H groups in total. The van der Waals surface area contributed by atoms with Gasteiger partial charge in [0.2, 0.25) is 5.91 Å². The molecule has 0 aliphatic rings. The van der Waals surface area contributed by atoms with E-state index >= 15 is 0 Å². The number of carbonyl (C=O) groups is 1. The second-order valence-corrected chi connectivity index (χ2v) is 7.73. The van der Waals surface area contributed by atoms with E-state index in [1.807, 2.05) is 4.90 Å². The molecule has 1 aromatic heterocycles. The normalized spacial score (nSPS) is 11.3. The van der Waals surface area contributed by atoms with Crippen molar-refractivity contribution in [1.82, 2.24) is 9.88 Å². The molecule has 1 aromatic rings. The molecule has 108 valence electrons. The number of hydrogen-bond donors (Lipinski definition) is 1. The minimum Gasteiger partial charge on any atom is -0.375 e. The molecule has 0 atom stereocenters. The Balaban J connectivity index is 2.51. The summed E-state index contributed by atoms with van der Waals surface area (Å²) in [6.45, 7) is 10.2. The van der Waals surface area contributed by atoms with Crippen LogP contribution in [-0.4, -0.2) is 34.6 Å². The van der Waals surface area contributed by atoms with Gasteiger partial charge in [0.05, 0.1) is 16.2 Å². The number of thioether (sulfide) groups is 1. The molecule has 0 spiro atoms. The quantitative estimate of drug-likeness (QED) is 0.787. The molecular formula is C13H23N3OS2. The molecule has 0 fully saturated rings. The van der Waals surface area contributed by atoms with Gasteiger partial charge in [0.1, 0.15) is 0 Å². The number of thiazole rings is 1. The van der Waals surface area contributed by atoms with E-state index in [1.165, 1.54) is 23.1 Å². The summed E-state index contributed by atoms with van der Waals surface area (Å²) in [4.78, 5) is 18.2. The number of nitrogens with zero attached hydrogens (tertiary/aromatic N) is 2. The van der Waals surface area contributed by atoms with Crippen LogP contribution in [0.2, 0.25) is 0 Å². The molecule has 0 saturated heterocycles. The predicted octanol–water partition coefficient (Wildman–Crippen LogP) is 2.96. The molecule has 6 heteroatoms. The van der Waals surface area contributed by atoms with Crippen molar-refractivity contribution in [2.45, 2.75) is 31.9 Å². The van der Waals surface area contributed by atoms with Gasteiger partial charge < -0.3 is 10.6 Å². The fourth-order valence-corrected chi connectivity index (χ4v) is 3.38. The van der Waals surface area contributed by atoms with E-state index in [9.17, 15) is 4.79 Å². The molecule has 19 heavy (non-hydrogen) atoms. The lowest BCUT2D eigenvalue weighted by molar-refractivity contribution is -0.129. The molecule has 0 aliphatic heterocycles. The Labute approximate surface area is 123 Å². The van der Waals surface area contributed by atoms with Crippen molar-refractivity contribution >= 4 is 34.1 Å². The van der Waals surface area contributed by atoms with E-state index in [0.717, 1.165) is 17.3 Å². The summed E-state index contributed by atoms with van der Waals surface area (Å²) >= 11 is 2.94. The number of aromatic nitrogens is 1. The highest BCUT2D eigenvalue weighted by Crippen LogP contribution is 2.26. The van der Waals surface area contributed by atoms with Crippen molar-refractivity contribution in [2.75, 3.05) is 24.6 Å². The monoisotopic (exact) mass is 301 g/mol. The number of nitrogens with two attached hydrogens (primary N) is 1. The largest absolute Gasteiger partial charge is 0.375 e. The second-order valence-electron chi connectivity index (χ2n) is 5.39. The number of anilines is 1. The minimum atomic E-state index is 0.194. The number of rotatable bonds is 7. The first-order valence-electron chi connectivity index (χ1n) is 6.50. The van der Waals surface area contributed by atoms with Crippen molar-refractivity contribution in [3.8, 4) is 0 Å². The maximum Gasteiger partial charge on any atom is 0.232 e. The van der Waals surface area contributed by atoms with Crippen LogP contribution in [-0.2, 0) is 4.79 Å². The lowest BCUT2D eigenvalue weighted by Gasteiger charge is -2.26. The molecule has 0 saturated carbocycles. The number of amides is 1. The molecule has 4 nitrogen and oxygen atoms in total. The fraction of sp³-hybridized carbons (Fsp3) is 0.692. The average Bonchev–Trinajstić information content (AvgIpc) is 2.70. The third-order valence-corrected chi connectivity index (χ3v) is 4.37. The molecule has 0 unspecified atom stereocenters. The van der Waals surface area contributed by atoms with Crippen molar-refractivity contribution in [2.24, 2.45) is 11.8 Å². The minimum absolute atomic E-state index is 0.194. The second kappa shape index (κ2) is 7.75. The van der Waals surface area contributed by atoms with Crippen LogP contribution >= 0.6 is 23.1 Å². The molecule has 1 rings (SSSR count). The van der Waals surface area contributed by atoms with Crippen LogP contribution in [0.3, 0.4) is 0 Å². The van der Waals surface area contributed by atoms with Crippen molar-refractivity contribution < 1.29 is 4.79 Å². The van der Waals surface area contributed by atoms with Crippen molar-refractivity contribution in [1.29, 1.82) is 0 Å². The van der Waals surface area contributed by atoms with Gasteiger partial charge in [-0.3, -0.25) is 4.79 Å². The first-order chi connectivity index (χ1) is 8.88. The van der Waals surface area contributed by atoms with Gasteiger partial charge >= 0.3 is 0 Å². The maximum atomic E-state index is 12.3. The molecule has 0 aliphatic carbocycles. The van der Waals surface area contributed by atoms with E-state index in [4.69, 9.17) is 5.73 Å². The Kier molecular flexibility index (Phi) is 6.65. The van der Waals surface area contributed by atoms with Gasteiger partial charge in [-0.15, -0.1) is 11.8 Å². The highest BCUT2D eigenvalue weighted by atomic mass is 32.2. The van der Waals surface area contributed by atoms with Crippen LogP contribution in [0.1, 0.15) is 27.7 Å². The molecule has 0 aromatic carbocycles. The Morgan fingerprint density at radius 1 is 1.37 bits per heavy atom. The molecule has 1 heterocycles. The lowest BCUT2D eigenvalue weighted by atomic mass is 10.1. The van der Waals surface area contributed by atoms with Crippen LogP contribution in [0, 0.1) is 11.8 Å². The van der Waals surface area contributed by atoms with Gasteiger partial charge in [-0.2, -0.15) is 0 Å². The summed E-state index contributed by atoms with van der Waals surface area (Å²) in [7, 11) is 0. The summed E-state index contributed by atoms with van der Waals surface area (Å²) in [6, 6.07) is 0. The predicted molar refractivity (Wildman–Crippen MR) is 83.5 cm³/mol. The first kappa shape index (κ1) is 16.3. The van der Waals surface area contributed by atoms with Crippen LogP contribution in [0.25, 0.3) is 0 Å². The number of nitrogen functional groups attached to an aromatic ring is 1. The maximum absolute atomic E-state index is 12.3. The van der Waals surface area contributed by atoms with Gasteiger partial charge in [0.25, 0.3) is 0 Å². The zero-order chi connectivity index (χ0) is 14.4. The zero-order valence-corrected chi connectivity index (χ0v) is 13.7. The zero-order valence-electron chi connectivity index (χ0n) is 12.0. The summed E-state index contributed by atoms with van der Waals surface area (Å²) < 4.78 is 1.000. The summed E-state index contributed by atoms with van der Waals surface area (Å²) in [5.41, 5.74) is 5.58. The summed E-state index contributed by atoms with van der Waals surface area (Å²) in [5, 5.41) is 0.552. The Hall–Kier alpha value is -0.750. The van der Waals surface area contributed by atoms with Crippen molar-refractivity contribution in [3.63, 3.8) is 0 Å². The third-order valence-electron chi connectivity index (χ3n) is 2.36. The van der Waals surface area contributed by atoms with E-state index in [-0.39, 0.29) is 5.91 Å². The van der Waals surface area contributed by atoms with Gasteiger partial charge in [-0.05, 0) is 11.8 Å². The number of hydrogen-bond acceptors (Lipinski definition) is 5. The molecule has 1 amide bonds. The van der Waals surface area contributed by atoms with Crippen molar-refractivity contribution in [3.05, 3.63) is 6.20 Å². The highest BCUT2D eigenvalue weighted by molar-refractivity contribution is 8.01. The smallest absolute Gasteiger partial charge is 0.232 e. The standard InChI is InChI=1S/C13H23N3OS2/c1-9(2)6-16(7-10(3)4)11(17)8-18-12-5-15-13(14)19-12/h5,9-10H,6-8H2,1-4H3,(H2,14,15). The summed E-state index contributed by atoms with van der Waals surface area (Å²) in [5.74, 6) is 1.64. The van der Waals surface area contributed by atoms with Crippen LogP contribution in [0.15, 0.2) is 10.4 Å². The van der Waals surface area contributed by atoms with Crippen LogP contribution < -0.4 is 5.73 Å².